The van der Waals surface area contributed by atoms with E-state index in [1.807, 2.05) is 6.92 Å². The Balaban J connectivity index is 0.000000641. The van der Waals surface area contributed by atoms with Gasteiger partial charge in [-0.25, -0.2) is 0 Å². The van der Waals surface area contributed by atoms with Crippen LogP contribution in [-0.2, 0) is 5.41 Å². The van der Waals surface area contributed by atoms with Gasteiger partial charge in [-0.15, -0.1) is 19.7 Å². The zero-order valence-electron chi connectivity index (χ0n) is 13.7. The second-order valence-corrected chi connectivity index (χ2v) is 5.12. The van der Waals surface area contributed by atoms with E-state index in [4.69, 9.17) is 0 Å². The zero-order valence-corrected chi connectivity index (χ0v) is 13.7. The van der Waals surface area contributed by atoms with Crippen molar-refractivity contribution < 1.29 is 0 Å². The summed E-state index contributed by atoms with van der Waals surface area (Å²) in [6.45, 7) is 20.2. The van der Waals surface area contributed by atoms with Crippen molar-refractivity contribution in [1.29, 1.82) is 0 Å². The molecule has 108 valence electrons. The molecular weight excluding hydrogens is 240 g/mol. The molecule has 0 fully saturated rings. The summed E-state index contributed by atoms with van der Waals surface area (Å²) >= 11 is 0. The maximum absolute atomic E-state index is 3.36. The second-order valence-electron chi connectivity index (χ2n) is 5.12. The topological polar surface area (TPSA) is 0 Å². The van der Waals surface area contributed by atoms with Crippen molar-refractivity contribution in [3.8, 4) is 0 Å². The third-order valence-electron chi connectivity index (χ3n) is 3.57. The molecule has 2 rings (SSSR count). The summed E-state index contributed by atoms with van der Waals surface area (Å²) in [6, 6.07) is 8.72. The monoisotopic (exact) mass is 268 g/mol. The van der Waals surface area contributed by atoms with E-state index < -0.39 is 0 Å². The maximum atomic E-state index is 3.36. The van der Waals surface area contributed by atoms with Crippen LogP contribution in [0.1, 0.15) is 45.7 Å². The van der Waals surface area contributed by atoms with Crippen molar-refractivity contribution in [3.63, 3.8) is 0 Å². The van der Waals surface area contributed by atoms with E-state index in [2.05, 4.69) is 83.8 Å². The van der Waals surface area contributed by atoms with E-state index in [-0.39, 0.29) is 5.41 Å². The van der Waals surface area contributed by atoms with Gasteiger partial charge >= 0.3 is 0 Å². The molecule has 0 nitrogen and oxygen atoms in total. The van der Waals surface area contributed by atoms with E-state index >= 15 is 0 Å². The number of benzene rings is 1. The van der Waals surface area contributed by atoms with Crippen LogP contribution < -0.4 is 0 Å². The summed E-state index contributed by atoms with van der Waals surface area (Å²) in [7, 11) is 0. The van der Waals surface area contributed by atoms with Crippen molar-refractivity contribution in [2.24, 2.45) is 0 Å². The van der Waals surface area contributed by atoms with Gasteiger partial charge in [0.05, 0.1) is 0 Å². The summed E-state index contributed by atoms with van der Waals surface area (Å²) in [5.41, 5.74) is 5.92. The lowest BCUT2D eigenvalue weighted by Gasteiger charge is -2.21. The van der Waals surface area contributed by atoms with Crippen LogP contribution in [0.3, 0.4) is 0 Å². The minimum atomic E-state index is 0.186. The smallest absolute Gasteiger partial charge is 0.0118 e. The van der Waals surface area contributed by atoms with E-state index in [1.165, 1.54) is 22.3 Å². The molecule has 0 saturated carbocycles. The number of hydrogen-bond acceptors (Lipinski definition) is 0. The lowest BCUT2D eigenvalue weighted by Crippen LogP contribution is -2.15. The van der Waals surface area contributed by atoms with Crippen LogP contribution in [0.4, 0.5) is 0 Å². The van der Waals surface area contributed by atoms with Crippen molar-refractivity contribution in [1.82, 2.24) is 0 Å². The highest BCUT2D eigenvalue weighted by atomic mass is 14.4. The number of hydrogen-bond donors (Lipinski definition) is 0. The molecular formula is C20H28. The largest absolute Gasteiger partial charge is 0.106 e. The van der Waals surface area contributed by atoms with Gasteiger partial charge < -0.3 is 0 Å². The number of fused-ring (bicyclic) bond motifs is 1. The molecule has 0 aromatic heterocycles. The summed E-state index contributed by atoms with van der Waals surface area (Å²) in [5, 5.41) is 0. The van der Waals surface area contributed by atoms with Gasteiger partial charge in [0, 0.05) is 5.41 Å². The first-order valence-corrected chi connectivity index (χ1v) is 7.01. The Bertz CT molecular complexity index is 499. The number of allylic oxidation sites excluding steroid dienone is 5. The molecule has 0 spiro atoms. The summed E-state index contributed by atoms with van der Waals surface area (Å²) in [6.07, 6.45) is 6.10. The van der Waals surface area contributed by atoms with Crippen LogP contribution in [0.5, 0.6) is 0 Å². The third kappa shape index (κ3) is 3.60. The van der Waals surface area contributed by atoms with E-state index in [9.17, 15) is 0 Å². The van der Waals surface area contributed by atoms with Crippen molar-refractivity contribution in [3.05, 3.63) is 78.9 Å². The molecule has 1 aromatic rings. The molecule has 0 atom stereocenters. The van der Waals surface area contributed by atoms with Gasteiger partial charge in [-0.05, 0) is 37.5 Å². The molecule has 0 unspecified atom stereocenters. The van der Waals surface area contributed by atoms with Crippen LogP contribution in [0.15, 0.2) is 67.8 Å². The maximum Gasteiger partial charge on any atom is 0.0118 e. The predicted molar refractivity (Wildman–Crippen MR) is 94.0 cm³/mol. The van der Waals surface area contributed by atoms with Crippen LogP contribution in [0.2, 0.25) is 0 Å². The molecule has 0 amide bonds. The molecule has 0 heteroatoms. The van der Waals surface area contributed by atoms with Crippen LogP contribution in [0.25, 0.3) is 5.57 Å². The van der Waals surface area contributed by atoms with Gasteiger partial charge in [-0.2, -0.15) is 0 Å². The molecule has 1 aliphatic carbocycles. The van der Waals surface area contributed by atoms with Gasteiger partial charge in [-0.1, -0.05) is 61.9 Å². The minimum Gasteiger partial charge on any atom is -0.106 e. The van der Waals surface area contributed by atoms with Gasteiger partial charge in [0.15, 0.2) is 0 Å². The Kier molecular flexibility index (Phi) is 7.61. The highest BCUT2D eigenvalue weighted by Crippen LogP contribution is 2.46. The Morgan fingerprint density at radius 3 is 2.05 bits per heavy atom. The third-order valence-corrected chi connectivity index (χ3v) is 3.57. The predicted octanol–water partition coefficient (Wildman–Crippen LogP) is 6.32. The molecule has 0 bridgehead atoms. The minimum absolute atomic E-state index is 0.186. The summed E-state index contributed by atoms with van der Waals surface area (Å²) < 4.78 is 0. The van der Waals surface area contributed by atoms with Crippen LogP contribution in [0, 0.1) is 0 Å². The molecule has 0 heterocycles. The van der Waals surface area contributed by atoms with Gasteiger partial charge in [-0.3, -0.25) is 0 Å². The first kappa shape index (κ1) is 18.2. The quantitative estimate of drug-likeness (QED) is 0.523. The Labute approximate surface area is 125 Å². The highest BCUT2D eigenvalue weighted by molar-refractivity contribution is 5.85. The summed E-state index contributed by atoms with van der Waals surface area (Å²) in [5.74, 6) is 0. The fourth-order valence-corrected chi connectivity index (χ4v) is 2.39. The second kappa shape index (κ2) is 8.37. The van der Waals surface area contributed by atoms with Crippen LogP contribution >= 0.6 is 0 Å². The van der Waals surface area contributed by atoms with E-state index in [1.54, 1.807) is 6.08 Å². The fourth-order valence-electron chi connectivity index (χ4n) is 2.39. The average Bonchev–Trinajstić information content (AvgIpc) is 2.64. The molecule has 1 aliphatic rings. The van der Waals surface area contributed by atoms with Crippen molar-refractivity contribution in [2.45, 2.75) is 40.0 Å². The van der Waals surface area contributed by atoms with E-state index in [0.717, 1.165) is 0 Å². The normalized spacial score (nSPS) is 14.8. The molecule has 0 N–H and O–H groups in total. The van der Waals surface area contributed by atoms with Crippen molar-refractivity contribution in [2.75, 3.05) is 0 Å². The van der Waals surface area contributed by atoms with Crippen molar-refractivity contribution >= 4 is 5.57 Å². The first-order valence-electron chi connectivity index (χ1n) is 7.01. The zero-order chi connectivity index (χ0) is 15.8. The Morgan fingerprint density at radius 2 is 1.55 bits per heavy atom. The van der Waals surface area contributed by atoms with Gasteiger partial charge in [0.1, 0.15) is 0 Å². The standard InChI is InChI=1S/C15H18.C3H6.C2H4/c1-5-8-12-11(2)15(3,4)14-10-7-6-9-13(12)14;1-3-2;1-2/h5-10H,1-4H3;3H,1H2,2H3;1-2H2/b8-5-;;. The molecule has 0 aliphatic heterocycles. The van der Waals surface area contributed by atoms with E-state index in [0.29, 0.717) is 0 Å². The average molecular weight is 268 g/mol. The molecule has 0 radical (unpaired) electrons. The molecule has 20 heavy (non-hydrogen) atoms. The fraction of sp³-hybridized carbons (Fsp3) is 0.300. The van der Waals surface area contributed by atoms with Gasteiger partial charge in [0.25, 0.3) is 0 Å². The lowest BCUT2D eigenvalue weighted by molar-refractivity contribution is 0.639. The lowest BCUT2D eigenvalue weighted by atomic mass is 9.82. The SMILES string of the molecule is C/C=C\C1=C(C)C(C)(C)c2ccccc21.C=C.C=CC. The Morgan fingerprint density at radius 1 is 1.05 bits per heavy atom. The summed E-state index contributed by atoms with van der Waals surface area (Å²) in [4.78, 5) is 0. The molecule has 1 aromatic carbocycles. The van der Waals surface area contributed by atoms with Crippen LogP contribution in [-0.4, -0.2) is 0 Å². The van der Waals surface area contributed by atoms with Gasteiger partial charge in [0.2, 0.25) is 0 Å². The first-order chi connectivity index (χ1) is 9.50. The number of rotatable bonds is 1. The Hall–Kier alpha value is -1.82. The highest BCUT2D eigenvalue weighted by Gasteiger charge is 2.33. The molecule has 0 saturated heterocycles.